The van der Waals surface area contributed by atoms with Gasteiger partial charge in [-0.2, -0.15) is 0 Å². The van der Waals surface area contributed by atoms with Crippen LogP contribution in [0.15, 0.2) is 53.0 Å². The van der Waals surface area contributed by atoms with Crippen molar-refractivity contribution < 1.29 is 9.47 Å². The molecule has 2 aromatic carbocycles. The summed E-state index contributed by atoms with van der Waals surface area (Å²) in [6.07, 6.45) is 0. The molecule has 3 nitrogen and oxygen atoms in total. The van der Waals surface area contributed by atoms with E-state index in [9.17, 15) is 0 Å². The minimum atomic E-state index is 0.523. The van der Waals surface area contributed by atoms with Crippen molar-refractivity contribution in [1.29, 1.82) is 0 Å². The first-order chi connectivity index (χ1) is 9.78. The molecule has 0 aliphatic heterocycles. The van der Waals surface area contributed by atoms with Crippen LogP contribution in [0.1, 0.15) is 5.56 Å². The third kappa shape index (κ3) is 4.87. The molecular formula is C16H18BrNO2. The van der Waals surface area contributed by atoms with E-state index in [-0.39, 0.29) is 0 Å². The van der Waals surface area contributed by atoms with Gasteiger partial charge in [-0.25, -0.2) is 0 Å². The van der Waals surface area contributed by atoms with Gasteiger partial charge in [0.25, 0.3) is 0 Å². The third-order valence-electron chi connectivity index (χ3n) is 2.72. The predicted molar refractivity (Wildman–Crippen MR) is 84.3 cm³/mol. The zero-order valence-electron chi connectivity index (χ0n) is 11.4. The largest absolute Gasteiger partial charge is 0.490 e. The molecule has 0 radical (unpaired) electrons. The Morgan fingerprint density at radius 3 is 2.30 bits per heavy atom. The Labute approximate surface area is 128 Å². The van der Waals surface area contributed by atoms with Gasteiger partial charge < -0.3 is 14.8 Å². The van der Waals surface area contributed by atoms with Gasteiger partial charge in [-0.15, -0.1) is 0 Å². The third-order valence-corrected chi connectivity index (χ3v) is 3.21. The lowest BCUT2D eigenvalue weighted by atomic mass is 10.2. The van der Waals surface area contributed by atoms with Gasteiger partial charge in [0, 0.05) is 11.0 Å². The van der Waals surface area contributed by atoms with Crippen molar-refractivity contribution in [3.05, 3.63) is 58.6 Å². The summed E-state index contributed by atoms with van der Waals surface area (Å²) in [5.41, 5.74) is 1.24. The summed E-state index contributed by atoms with van der Waals surface area (Å²) in [5, 5.41) is 3.11. The van der Waals surface area contributed by atoms with E-state index in [4.69, 9.17) is 9.47 Å². The van der Waals surface area contributed by atoms with Crippen molar-refractivity contribution in [3.8, 4) is 11.5 Å². The number of ether oxygens (including phenoxy) is 2. The highest BCUT2D eigenvalue weighted by Gasteiger charge is 1.97. The molecule has 0 unspecified atom stereocenters. The maximum atomic E-state index is 5.63. The first kappa shape index (κ1) is 14.9. The molecule has 2 aromatic rings. The number of rotatable bonds is 7. The fourth-order valence-electron chi connectivity index (χ4n) is 1.78. The number of benzene rings is 2. The molecule has 20 heavy (non-hydrogen) atoms. The minimum absolute atomic E-state index is 0.523. The van der Waals surface area contributed by atoms with Crippen LogP contribution in [0.4, 0.5) is 0 Å². The number of nitrogens with one attached hydrogen (secondary N) is 1. The van der Waals surface area contributed by atoms with Crippen LogP contribution >= 0.6 is 15.9 Å². The minimum Gasteiger partial charge on any atom is -0.490 e. The Bertz CT molecular complexity index is 528. The highest BCUT2D eigenvalue weighted by Crippen LogP contribution is 2.17. The van der Waals surface area contributed by atoms with Crippen molar-refractivity contribution in [3.63, 3.8) is 0 Å². The van der Waals surface area contributed by atoms with Crippen LogP contribution in [-0.4, -0.2) is 20.3 Å². The Balaban J connectivity index is 1.73. The molecule has 2 rings (SSSR count). The molecule has 0 aliphatic carbocycles. The van der Waals surface area contributed by atoms with E-state index in [1.165, 1.54) is 5.56 Å². The van der Waals surface area contributed by atoms with Gasteiger partial charge in [0.1, 0.15) is 24.7 Å². The molecule has 0 amide bonds. The SMILES string of the molecule is CNCc1ccc(OCCOc2cccc(Br)c2)cc1. The number of hydrogen-bond acceptors (Lipinski definition) is 3. The van der Waals surface area contributed by atoms with Crippen LogP contribution in [0.25, 0.3) is 0 Å². The summed E-state index contributed by atoms with van der Waals surface area (Å²) >= 11 is 3.41. The van der Waals surface area contributed by atoms with E-state index in [1.807, 2.05) is 43.4 Å². The summed E-state index contributed by atoms with van der Waals surface area (Å²) in [6, 6.07) is 15.8. The van der Waals surface area contributed by atoms with Gasteiger partial charge in [-0.3, -0.25) is 0 Å². The predicted octanol–water partition coefficient (Wildman–Crippen LogP) is 3.63. The van der Waals surface area contributed by atoms with Crippen LogP contribution in [0.3, 0.4) is 0 Å². The lowest BCUT2D eigenvalue weighted by Crippen LogP contribution is -2.09. The van der Waals surface area contributed by atoms with Crippen LogP contribution in [0.5, 0.6) is 11.5 Å². The molecule has 0 saturated heterocycles. The van der Waals surface area contributed by atoms with Crippen molar-refractivity contribution in [1.82, 2.24) is 5.32 Å². The fourth-order valence-corrected chi connectivity index (χ4v) is 2.16. The van der Waals surface area contributed by atoms with Crippen LogP contribution in [0, 0.1) is 0 Å². The average molecular weight is 336 g/mol. The van der Waals surface area contributed by atoms with Gasteiger partial charge in [-0.1, -0.05) is 34.1 Å². The molecule has 0 spiro atoms. The van der Waals surface area contributed by atoms with E-state index in [0.29, 0.717) is 13.2 Å². The van der Waals surface area contributed by atoms with E-state index >= 15 is 0 Å². The van der Waals surface area contributed by atoms with E-state index < -0.39 is 0 Å². The molecule has 0 atom stereocenters. The fraction of sp³-hybridized carbons (Fsp3) is 0.250. The smallest absolute Gasteiger partial charge is 0.122 e. The highest BCUT2D eigenvalue weighted by molar-refractivity contribution is 9.10. The zero-order chi connectivity index (χ0) is 14.2. The second-order valence-corrected chi connectivity index (χ2v) is 5.24. The quantitative estimate of drug-likeness (QED) is 0.784. The molecule has 0 aromatic heterocycles. The van der Waals surface area contributed by atoms with Crippen molar-refractivity contribution in [2.45, 2.75) is 6.54 Å². The van der Waals surface area contributed by atoms with Gasteiger partial charge >= 0.3 is 0 Å². The maximum absolute atomic E-state index is 5.63. The summed E-state index contributed by atoms with van der Waals surface area (Å²) in [4.78, 5) is 0. The van der Waals surface area contributed by atoms with E-state index in [2.05, 4.69) is 33.4 Å². The lowest BCUT2D eigenvalue weighted by molar-refractivity contribution is 0.217. The molecule has 0 aliphatic rings. The first-order valence-corrected chi connectivity index (χ1v) is 7.32. The molecule has 0 bridgehead atoms. The second-order valence-electron chi connectivity index (χ2n) is 4.33. The zero-order valence-corrected chi connectivity index (χ0v) is 13.0. The lowest BCUT2D eigenvalue weighted by Gasteiger charge is -2.09. The standard InChI is InChI=1S/C16H18BrNO2/c1-18-12-13-5-7-15(8-6-13)19-9-10-20-16-4-2-3-14(17)11-16/h2-8,11,18H,9-10,12H2,1H3. The van der Waals surface area contributed by atoms with Crippen LogP contribution < -0.4 is 14.8 Å². The number of halogens is 1. The topological polar surface area (TPSA) is 30.5 Å². The molecular weight excluding hydrogens is 318 g/mol. The van der Waals surface area contributed by atoms with Crippen LogP contribution in [0.2, 0.25) is 0 Å². The molecule has 0 fully saturated rings. The highest BCUT2D eigenvalue weighted by atomic mass is 79.9. The van der Waals surface area contributed by atoms with Crippen LogP contribution in [-0.2, 0) is 6.54 Å². The Kier molecular flexibility index (Phi) is 5.89. The van der Waals surface area contributed by atoms with Crippen molar-refractivity contribution in [2.75, 3.05) is 20.3 Å². The normalized spacial score (nSPS) is 10.3. The van der Waals surface area contributed by atoms with Gasteiger partial charge in [0.15, 0.2) is 0 Å². The van der Waals surface area contributed by atoms with E-state index in [1.54, 1.807) is 0 Å². The Morgan fingerprint density at radius 2 is 1.65 bits per heavy atom. The average Bonchev–Trinajstić information content (AvgIpc) is 2.46. The molecule has 106 valence electrons. The Hall–Kier alpha value is -1.52. The summed E-state index contributed by atoms with van der Waals surface area (Å²) in [7, 11) is 1.93. The van der Waals surface area contributed by atoms with Gasteiger partial charge in [-0.05, 0) is 42.9 Å². The van der Waals surface area contributed by atoms with E-state index in [0.717, 1.165) is 22.5 Å². The van der Waals surface area contributed by atoms with Crippen molar-refractivity contribution >= 4 is 15.9 Å². The molecule has 0 heterocycles. The molecule has 0 saturated carbocycles. The summed E-state index contributed by atoms with van der Waals surface area (Å²) < 4.78 is 12.3. The molecule has 1 N–H and O–H groups in total. The first-order valence-electron chi connectivity index (χ1n) is 6.52. The van der Waals surface area contributed by atoms with Crippen molar-refractivity contribution in [2.24, 2.45) is 0 Å². The second kappa shape index (κ2) is 7.92. The summed E-state index contributed by atoms with van der Waals surface area (Å²) in [6.45, 7) is 1.92. The summed E-state index contributed by atoms with van der Waals surface area (Å²) in [5.74, 6) is 1.70. The van der Waals surface area contributed by atoms with Gasteiger partial charge in [0.05, 0.1) is 0 Å². The Morgan fingerprint density at radius 1 is 0.950 bits per heavy atom. The van der Waals surface area contributed by atoms with Gasteiger partial charge in [0.2, 0.25) is 0 Å². The monoisotopic (exact) mass is 335 g/mol. The maximum Gasteiger partial charge on any atom is 0.122 e. The number of hydrogen-bond donors (Lipinski definition) is 1. The molecule has 4 heteroatoms.